The van der Waals surface area contributed by atoms with Crippen LogP contribution in [0.1, 0.15) is 40.0 Å². The van der Waals surface area contributed by atoms with Crippen LogP contribution in [0.2, 0.25) is 0 Å². The molecule has 0 aliphatic heterocycles. The van der Waals surface area contributed by atoms with Crippen LogP contribution in [0.4, 0.5) is 0 Å². The van der Waals surface area contributed by atoms with E-state index in [0.29, 0.717) is 18.5 Å². The molecule has 0 aromatic heterocycles. The first-order valence-corrected chi connectivity index (χ1v) is 7.75. The molecule has 0 heterocycles. The van der Waals surface area contributed by atoms with Gasteiger partial charge in [-0.05, 0) is 25.8 Å². The van der Waals surface area contributed by atoms with E-state index in [4.69, 9.17) is 0 Å². The van der Waals surface area contributed by atoms with Crippen molar-refractivity contribution in [3.8, 4) is 0 Å². The monoisotopic (exact) mass is 250 g/mol. The lowest BCUT2D eigenvalue weighted by Crippen LogP contribution is -2.36. The molecule has 0 saturated heterocycles. The Kier molecular flexibility index (Phi) is 7.97. The van der Waals surface area contributed by atoms with Gasteiger partial charge in [0.25, 0.3) is 0 Å². The van der Waals surface area contributed by atoms with Gasteiger partial charge in [0.1, 0.15) is 0 Å². The minimum atomic E-state index is -3.07. The van der Waals surface area contributed by atoms with Gasteiger partial charge in [-0.25, -0.2) is 13.1 Å². The average molecular weight is 250 g/mol. The summed E-state index contributed by atoms with van der Waals surface area (Å²) in [7, 11) is -1.62. The fourth-order valence-corrected chi connectivity index (χ4v) is 2.14. The van der Waals surface area contributed by atoms with E-state index < -0.39 is 10.0 Å². The van der Waals surface area contributed by atoms with Crippen molar-refractivity contribution in [1.82, 2.24) is 10.0 Å². The van der Waals surface area contributed by atoms with Gasteiger partial charge in [-0.3, -0.25) is 0 Å². The second-order valence-electron chi connectivity index (χ2n) is 4.33. The normalized spacial score (nSPS) is 16.0. The Hall–Kier alpha value is -0.130. The maximum atomic E-state index is 11.2. The molecule has 2 unspecified atom stereocenters. The molecule has 0 radical (unpaired) electrons. The third kappa shape index (κ3) is 7.19. The van der Waals surface area contributed by atoms with Crippen LogP contribution in [0.3, 0.4) is 0 Å². The van der Waals surface area contributed by atoms with E-state index in [1.165, 1.54) is 13.5 Å². The van der Waals surface area contributed by atoms with Gasteiger partial charge >= 0.3 is 0 Å². The summed E-state index contributed by atoms with van der Waals surface area (Å²) in [6.07, 6.45) is 3.34. The Balaban J connectivity index is 3.88. The van der Waals surface area contributed by atoms with E-state index in [9.17, 15) is 8.42 Å². The number of rotatable bonds is 9. The summed E-state index contributed by atoms with van der Waals surface area (Å²) in [5.41, 5.74) is 0. The molecule has 16 heavy (non-hydrogen) atoms. The molecule has 0 aliphatic carbocycles. The standard InChI is InChI=1S/C11H26N2O2S/c1-5-10(3)9-11(6-2)13-7-8-16(14,15)12-4/h10-13H,5-9H2,1-4H3. The Morgan fingerprint density at radius 2 is 1.81 bits per heavy atom. The topological polar surface area (TPSA) is 58.2 Å². The molecular formula is C11H26N2O2S. The highest BCUT2D eigenvalue weighted by atomic mass is 32.2. The van der Waals surface area contributed by atoms with Crippen molar-refractivity contribution in [3.63, 3.8) is 0 Å². The quantitative estimate of drug-likeness (QED) is 0.649. The maximum Gasteiger partial charge on any atom is 0.212 e. The van der Waals surface area contributed by atoms with Crippen LogP contribution in [0, 0.1) is 5.92 Å². The van der Waals surface area contributed by atoms with Gasteiger partial charge in [-0.2, -0.15) is 0 Å². The molecule has 0 aromatic carbocycles. The summed E-state index contributed by atoms with van der Waals surface area (Å²) in [6, 6.07) is 0.432. The SMILES string of the molecule is CCC(C)CC(CC)NCCS(=O)(=O)NC. The molecule has 5 heteroatoms. The summed E-state index contributed by atoms with van der Waals surface area (Å²) in [5, 5.41) is 3.31. The summed E-state index contributed by atoms with van der Waals surface area (Å²) in [6.45, 7) is 7.07. The smallest absolute Gasteiger partial charge is 0.212 e. The van der Waals surface area contributed by atoms with Gasteiger partial charge in [-0.1, -0.05) is 27.2 Å². The summed E-state index contributed by atoms with van der Waals surface area (Å²) in [4.78, 5) is 0. The lowest BCUT2D eigenvalue weighted by Gasteiger charge is -2.20. The molecule has 98 valence electrons. The molecule has 2 atom stereocenters. The van der Waals surface area contributed by atoms with Crippen LogP contribution in [-0.4, -0.2) is 33.8 Å². The molecule has 4 nitrogen and oxygen atoms in total. The largest absolute Gasteiger partial charge is 0.313 e. The van der Waals surface area contributed by atoms with Crippen LogP contribution >= 0.6 is 0 Å². The van der Waals surface area contributed by atoms with Gasteiger partial charge in [-0.15, -0.1) is 0 Å². The Morgan fingerprint density at radius 3 is 2.25 bits per heavy atom. The van der Waals surface area contributed by atoms with Crippen LogP contribution in [0.15, 0.2) is 0 Å². The molecular weight excluding hydrogens is 224 g/mol. The van der Waals surface area contributed by atoms with E-state index in [-0.39, 0.29) is 5.75 Å². The lowest BCUT2D eigenvalue weighted by atomic mass is 9.98. The zero-order valence-electron chi connectivity index (χ0n) is 10.9. The Morgan fingerprint density at radius 1 is 1.19 bits per heavy atom. The first-order chi connectivity index (χ1) is 7.45. The number of hydrogen-bond acceptors (Lipinski definition) is 3. The highest BCUT2D eigenvalue weighted by Gasteiger charge is 2.11. The minimum Gasteiger partial charge on any atom is -0.313 e. The summed E-state index contributed by atoms with van der Waals surface area (Å²) in [5.74, 6) is 0.846. The van der Waals surface area contributed by atoms with E-state index in [1.54, 1.807) is 0 Å². The highest BCUT2D eigenvalue weighted by Crippen LogP contribution is 2.11. The second kappa shape index (κ2) is 8.03. The van der Waals surface area contributed by atoms with Crippen molar-refractivity contribution in [2.24, 2.45) is 5.92 Å². The third-order valence-corrected chi connectivity index (χ3v) is 4.36. The maximum absolute atomic E-state index is 11.2. The van der Waals surface area contributed by atoms with Gasteiger partial charge in [0.15, 0.2) is 0 Å². The number of hydrogen-bond donors (Lipinski definition) is 2. The molecule has 0 bridgehead atoms. The van der Waals surface area contributed by atoms with Gasteiger partial charge in [0.05, 0.1) is 5.75 Å². The summed E-state index contributed by atoms with van der Waals surface area (Å²) < 4.78 is 24.7. The molecule has 0 saturated carbocycles. The van der Waals surface area contributed by atoms with Crippen molar-refractivity contribution in [2.45, 2.75) is 46.1 Å². The predicted molar refractivity (Wildman–Crippen MR) is 69.0 cm³/mol. The van der Waals surface area contributed by atoms with E-state index >= 15 is 0 Å². The van der Waals surface area contributed by atoms with Crippen molar-refractivity contribution < 1.29 is 8.42 Å². The van der Waals surface area contributed by atoms with Crippen LogP contribution in [0.25, 0.3) is 0 Å². The molecule has 0 rings (SSSR count). The molecule has 0 aliphatic rings. The molecule has 0 fully saturated rings. The molecule has 0 amide bonds. The first kappa shape index (κ1) is 15.9. The predicted octanol–water partition coefficient (Wildman–Crippen LogP) is 1.34. The van der Waals surface area contributed by atoms with Gasteiger partial charge in [0, 0.05) is 12.6 Å². The van der Waals surface area contributed by atoms with Crippen LogP contribution in [-0.2, 0) is 10.0 Å². The van der Waals surface area contributed by atoms with Crippen LogP contribution in [0.5, 0.6) is 0 Å². The fraction of sp³-hybridized carbons (Fsp3) is 1.00. The van der Waals surface area contributed by atoms with Crippen molar-refractivity contribution in [3.05, 3.63) is 0 Å². The zero-order chi connectivity index (χ0) is 12.6. The highest BCUT2D eigenvalue weighted by molar-refractivity contribution is 7.89. The number of sulfonamides is 1. The van der Waals surface area contributed by atoms with Crippen molar-refractivity contribution in [1.29, 1.82) is 0 Å². The Labute approximate surface area is 100 Å². The number of nitrogens with one attached hydrogen (secondary N) is 2. The first-order valence-electron chi connectivity index (χ1n) is 6.09. The van der Waals surface area contributed by atoms with E-state index in [2.05, 4.69) is 30.8 Å². The van der Waals surface area contributed by atoms with Crippen molar-refractivity contribution in [2.75, 3.05) is 19.3 Å². The second-order valence-corrected chi connectivity index (χ2v) is 6.38. The van der Waals surface area contributed by atoms with Gasteiger partial charge in [0.2, 0.25) is 10.0 Å². The molecule has 0 aromatic rings. The minimum absolute atomic E-state index is 0.153. The van der Waals surface area contributed by atoms with E-state index in [1.807, 2.05) is 0 Å². The Bertz CT molecular complexity index is 265. The van der Waals surface area contributed by atoms with Crippen molar-refractivity contribution >= 4 is 10.0 Å². The third-order valence-electron chi connectivity index (χ3n) is 2.99. The van der Waals surface area contributed by atoms with Crippen LogP contribution < -0.4 is 10.0 Å². The average Bonchev–Trinajstić information content (AvgIpc) is 2.27. The zero-order valence-corrected chi connectivity index (χ0v) is 11.7. The molecule has 2 N–H and O–H groups in total. The van der Waals surface area contributed by atoms with Gasteiger partial charge < -0.3 is 5.32 Å². The fourth-order valence-electron chi connectivity index (χ4n) is 1.55. The van der Waals surface area contributed by atoms with E-state index in [0.717, 1.165) is 12.8 Å². The molecule has 0 spiro atoms. The lowest BCUT2D eigenvalue weighted by molar-refractivity contribution is 0.391. The summed E-state index contributed by atoms with van der Waals surface area (Å²) >= 11 is 0.